The topological polar surface area (TPSA) is 50.4 Å². The number of rotatable bonds is 9. The molecule has 1 aromatic rings. The molecule has 0 bridgehead atoms. The van der Waals surface area contributed by atoms with E-state index in [1.54, 1.807) is 0 Å². The fourth-order valence-electron chi connectivity index (χ4n) is 1.70. The summed E-state index contributed by atoms with van der Waals surface area (Å²) in [6.07, 6.45) is 2.28. The third-order valence-corrected chi connectivity index (χ3v) is 2.71. The van der Waals surface area contributed by atoms with Gasteiger partial charge < -0.3 is 15.4 Å². The highest BCUT2D eigenvalue weighted by Crippen LogP contribution is 2.14. The van der Waals surface area contributed by atoms with Crippen LogP contribution in [0.4, 0.5) is 5.69 Å². The second-order valence-corrected chi connectivity index (χ2v) is 4.48. The number of benzene rings is 1. The van der Waals surface area contributed by atoms with Crippen LogP contribution in [-0.4, -0.2) is 25.7 Å². The molecule has 1 rings (SSSR count). The number of unbranched alkanes of at least 4 members (excludes halogenated alkanes) is 1. The minimum atomic E-state index is -0.0460. The van der Waals surface area contributed by atoms with Crippen LogP contribution in [0.25, 0.3) is 0 Å². The third kappa shape index (κ3) is 6.94. The first-order valence-corrected chi connectivity index (χ1v) is 6.88. The van der Waals surface area contributed by atoms with E-state index in [4.69, 9.17) is 4.74 Å². The van der Waals surface area contributed by atoms with Crippen LogP contribution in [0, 0.1) is 0 Å². The van der Waals surface area contributed by atoms with Crippen molar-refractivity contribution in [1.82, 2.24) is 5.32 Å². The van der Waals surface area contributed by atoms with Crippen molar-refractivity contribution in [3.05, 3.63) is 29.8 Å². The second-order valence-electron chi connectivity index (χ2n) is 4.48. The van der Waals surface area contributed by atoms with E-state index in [0.29, 0.717) is 0 Å². The Hall–Kier alpha value is -1.39. The minimum absolute atomic E-state index is 0.0460. The maximum Gasteiger partial charge on any atom is 0.221 e. The summed E-state index contributed by atoms with van der Waals surface area (Å²) < 4.78 is 5.47. The molecule has 1 aromatic carbocycles. The molecule has 2 N–H and O–H groups in total. The van der Waals surface area contributed by atoms with Gasteiger partial charge in [0.1, 0.15) is 0 Å². The normalized spacial score (nSPS) is 10.4. The highest BCUT2D eigenvalue weighted by molar-refractivity contribution is 5.89. The third-order valence-electron chi connectivity index (χ3n) is 2.71. The van der Waals surface area contributed by atoms with Crippen molar-refractivity contribution in [2.45, 2.75) is 33.2 Å². The molecule has 106 valence electrons. The monoisotopic (exact) mass is 264 g/mol. The average Bonchev–Trinajstić information content (AvgIpc) is 2.39. The van der Waals surface area contributed by atoms with Gasteiger partial charge in [-0.2, -0.15) is 0 Å². The van der Waals surface area contributed by atoms with Crippen molar-refractivity contribution in [3.63, 3.8) is 0 Å². The first kappa shape index (κ1) is 15.7. The lowest BCUT2D eigenvalue weighted by molar-refractivity contribution is -0.114. The number of carbonyl (C=O) groups is 1. The predicted octanol–water partition coefficient (Wildman–Crippen LogP) is 2.55. The van der Waals surface area contributed by atoms with Gasteiger partial charge in [0, 0.05) is 32.3 Å². The van der Waals surface area contributed by atoms with Crippen molar-refractivity contribution in [2.75, 3.05) is 25.1 Å². The summed E-state index contributed by atoms with van der Waals surface area (Å²) in [5.74, 6) is -0.0460. The highest BCUT2D eigenvalue weighted by atomic mass is 16.5. The highest BCUT2D eigenvalue weighted by Gasteiger charge is 2.02. The van der Waals surface area contributed by atoms with E-state index in [9.17, 15) is 4.79 Å². The van der Waals surface area contributed by atoms with Crippen molar-refractivity contribution in [2.24, 2.45) is 0 Å². The molecule has 4 nitrogen and oxygen atoms in total. The van der Waals surface area contributed by atoms with Crippen LogP contribution < -0.4 is 10.6 Å². The SMILES string of the molecule is CCCCOCCNCc1ccccc1NC(C)=O. The van der Waals surface area contributed by atoms with E-state index in [2.05, 4.69) is 17.6 Å². The van der Waals surface area contributed by atoms with Gasteiger partial charge in [0.05, 0.1) is 6.61 Å². The summed E-state index contributed by atoms with van der Waals surface area (Å²) in [6, 6.07) is 7.81. The summed E-state index contributed by atoms with van der Waals surface area (Å²) in [6.45, 7) is 6.78. The number of hydrogen-bond acceptors (Lipinski definition) is 3. The molecule has 0 aromatic heterocycles. The Morgan fingerprint density at radius 2 is 2.05 bits per heavy atom. The summed E-state index contributed by atoms with van der Waals surface area (Å²) in [5, 5.41) is 6.15. The van der Waals surface area contributed by atoms with Gasteiger partial charge in [-0.25, -0.2) is 0 Å². The van der Waals surface area contributed by atoms with Crippen molar-refractivity contribution >= 4 is 11.6 Å². The van der Waals surface area contributed by atoms with Crippen LogP contribution in [0.3, 0.4) is 0 Å². The Balaban J connectivity index is 2.26. The number of anilines is 1. The number of para-hydroxylation sites is 1. The molecule has 19 heavy (non-hydrogen) atoms. The number of ether oxygens (including phenoxy) is 1. The first-order valence-electron chi connectivity index (χ1n) is 6.88. The van der Waals surface area contributed by atoms with Gasteiger partial charge in [-0.05, 0) is 18.1 Å². The van der Waals surface area contributed by atoms with Gasteiger partial charge in [-0.3, -0.25) is 4.79 Å². The van der Waals surface area contributed by atoms with Gasteiger partial charge in [0.2, 0.25) is 5.91 Å². The predicted molar refractivity (Wildman–Crippen MR) is 78.2 cm³/mol. The molecule has 0 saturated carbocycles. The van der Waals surface area contributed by atoms with Crippen LogP contribution in [-0.2, 0) is 16.1 Å². The number of nitrogens with one attached hydrogen (secondary N) is 2. The first-order chi connectivity index (χ1) is 9.24. The lowest BCUT2D eigenvalue weighted by Gasteiger charge is -2.11. The Morgan fingerprint density at radius 3 is 2.79 bits per heavy atom. The fourth-order valence-corrected chi connectivity index (χ4v) is 1.70. The smallest absolute Gasteiger partial charge is 0.221 e. The maximum absolute atomic E-state index is 11.1. The molecule has 4 heteroatoms. The summed E-state index contributed by atoms with van der Waals surface area (Å²) >= 11 is 0. The molecule has 0 aliphatic heterocycles. The largest absolute Gasteiger partial charge is 0.380 e. The van der Waals surface area contributed by atoms with E-state index in [0.717, 1.165) is 50.4 Å². The molecular formula is C15H24N2O2. The summed E-state index contributed by atoms with van der Waals surface area (Å²) in [5.41, 5.74) is 1.96. The van der Waals surface area contributed by atoms with Crippen molar-refractivity contribution in [3.8, 4) is 0 Å². The lowest BCUT2D eigenvalue weighted by Crippen LogP contribution is -2.20. The Kier molecular flexibility index (Phi) is 7.86. The molecule has 0 unspecified atom stereocenters. The van der Waals surface area contributed by atoms with E-state index < -0.39 is 0 Å². The molecule has 0 heterocycles. The average molecular weight is 264 g/mol. The summed E-state index contributed by atoms with van der Waals surface area (Å²) in [7, 11) is 0. The molecule has 0 spiro atoms. The molecule has 0 saturated heterocycles. The van der Waals surface area contributed by atoms with E-state index >= 15 is 0 Å². The zero-order chi connectivity index (χ0) is 13.9. The molecule has 0 radical (unpaired) electrons. The minimum Gasteiger partial charge on any atom is -0.380 e. The molecule has 1 amide bonds. The zero-order valence-electron chi connectivity index (χ0n) is 11.9. The van der Waals surface area contributed by atoms with Crippen molar-refractivity contribution in [1.29, 1.82) is 0 Å². The molecule has 0 aliphatic rings. The Morgan fingerprint density at radius 1 is 1.26 bits per heavy atom. The van der Waals surface area contributed by atoms with Gasteiger partial charge in [-0.1, -0.05) is 31.5 Å². The van der Waals surface area contributed by atoms with E-state index in [1.807, 2.05) is 24.3 Å². The Bertz CT molecular complexity index is 380. The van der Waals surface area contributed by atoms with Gasteiger partial charge >= 0.3 is 0 Å². The molecule has 0 atom stereocenters. The van der Waals surface area contributed by atoms with Crippen LogP contribution in [0.5, 0.6) is 0 Å². The second kappa shape index (κ2) is 9.53. The fraction of sp³-hybridized carbons (Fsp3) is 0.533. The zero-order valence-corrected chi connectivity index (χ0v) is 11.9. The van der Waals surface area contributed by atoms with Crippen LogP contribution >= 0.6 is 0 Å². The quantitative estimate of drug-likeness (QED) is 0.674. The van der Waals surface area contributed by atoms with Crippen LogP contribution in [0.15, 0.2) is 24.3 Å². The van der Waals surface area contributed by atoms with E-state index in [1.165, 1.54) is 6.92 Å². The van der Waals surface area contributed by atoms with Gasteiger partial charge in [0.25, 0.3) is 0 Å². The van der Waals surface area contributed by atoms with Gasteiger partial charge in [-0.15, -0.1) is 0 Å². The van der Waals surface area contributed by atoms with E-state index in [-0.39, 0.29) is 5.91 Å². The summed E-state index contributed by atoms with van der Waals surface area (Å²) in [4.78, 5) is 11.1. The van der Waals surface area contributed by atoms with Gasteiger partial charge in [0.15, 0.2) is 0 Å². The lowest BCUT2D eigenvalue weighted by atomic mass is 10.1. The van der Waals surface area contributed by atoms with Crippen LogP contribution in [0.1, 0.15) is 32.3 Å². The van der Waals surface area contributed by atoms with Crippen molar-refractivity contribution < 1.29 is 9.53 Å². The standard InChI is InChI=1S/C15H24N2O2/c1-3-4-10-19-11-9-16-12-14-7-5-6-8-15(14)17-13(2)18/h5-8,16H,3-4,9-12H2,1-2H3,(H,17,18). The Labute approximate surface area is 115 Å². The van der Waals surface area contributed by atoms with Crippen LogP contribution in [0.2, 0.25) is 0 Å². The maximum atomic E-state index is 11.1. The molecular weight excluding hydrogens is 240 g/mol. The molecule has 0 aliphatic carbocycles. The number of carbonyl (C=O) groups excluding carboxylic acids is 1. The number of amides is 1. The number of hydrogen-bond donors (Lipinski definition) is 2. The molecule has 0 fully saturated rings.